The number of nitro groups is 1. The normalized spacial score (nSPS) is 17.3. The van der Waals surface area contributed by atoms with Gasteiger partial charge in [0, 0.05) is 38.3 Å². The fourth-order valence-corrected chi connectivity index (χ4v) is 2.18. The number of hydrogen-bond donors (Lipinski definition) is 0. The predicted octanol–water partition coefficient (Wildman–Crippen LogP) is 2.37. The van der Waals surface area contributed by atoms with E-state index >= 15 is 0 Å². The molecule has 1 heterocycles. The lowest BCUT2D eigenvalue weighted by molar-refractivity contribution is -0.384. The second kappa shape index (κ2) is 5.28. The number of rotatable bonds is 2. The van der Waals surface area contributed by atoms with E-state index in [0.717, 1.165) is 18.2 Å². The molecule has 0 spiro atoms. The van der Waals surface area contributed by atoms with Crippen LogP contribution in [0.2, 0.25) is 0 Å². The van der Waals surface area contributed by atoms with Crippen LogP contribution in [0.15, 0.2) is 18.2 Å². The Morgan fingerprint density at radius 3 is 2.30 bits per heavy atom. The summed E-state index contributed by atoms with van der Waals surface area (Å²) in [4.78, 5) is 13.6. The minimum absolute atomic E-state index is 0.111. The molecule has 0 aromatic heterocycles. The van der Waals surface area contributed by atoms with Crippen molar-refractivity contribution in [3.05, 3.63) is 33.9 Å². The zero-order valence-electron chi connectivity index (χ0n) is 10.9. The molecule has 1 aromatic rings. The molecule has 0 radical (unpaired) electrons. The van der Waals surface area contributed by atoms with Crippen molar-refractivity contribution in [3.8, 4) is 0 Å². The second-order valence-corrected chi connectivity index (χ2v) is 4.75. The Labute approximate surface area is 113 Å². The van der Waals surface area contributed by atoms with Gasteiger partial charge in [0.2, 0.25) is 0 Å². The fraction of sp³-hybridized carbons (Fsp3) is 0.500. The number of alkyl halides is 3. The first-order valence-electron chi connectivity index (χ1n) is 6.08. The van der Waals surface area contributed by atoms with Crippen molar-refractivity contribution in [3.63, 3.8) is 0 Å². The molecule has 1 aliphatic rings. The Hall–Kier alpha value is -1.83. The number of nitrogens with zero attached hydrogens (tertiary/aromatic N) is 3. The summed E-state index contributed by atoms with van der Waals surface area (Å²) in [5.41, 5.74) is -1.26. The molecule has 0 saturated carbocycles. The molecular formula is C12H14F3N3O2. The first-order valence-corrected chi connectivity index (χ1v) is 6.08. The van der Waals surface area contributed by atoms with Gasteiger partial charge in [-0.3, -0.25) is 10.1 Å². The third kappa shape index (κ3) is 3.01. The molecular weight excluding hydrogens is 275 g/mol. The van der Waals surface area contributed by atoms with Crippen LogP contribution in [0.3, 0.4) is 0 Å². The number of benzene rings is 1. The summed E-state index contributed by atoms with van der Waals surface area (Å²) in [5, 5.41) is 10.7. The molecule has 20 heavy (non-hydrogen) atoms. The average Bonchev–Trinajstić information content (AvgIpc) is 2.37. The van der Waals surface area contributed by atoms with Crippen molar-refractivity contribution in [2.45, 2.75) is 6.18 Å². The molecule has 0 atom stereocenters. The summed E-state index contributed by atoms with van der Waals surface area (Å²) in [6.07, 6.45) is -4.52. The van der Waals surface area contributed by atoms with E-state index in [2.05, 4.69) is 0 Å². The molecule has 0 amide bonds. The summed E-state index contributed by atoms with van der Waals surface area (Å²) < 4.78 is 39.0. The van der Waals surface area contributed by atoms with Crippen LogP contribution in [0, 0.1) is 10.1 Å². The molecule has 1 fully saturated rings. The van der Waals surface area contributed by atoms with Crippen LogP contribution in [0.1, 0.15) is 5.56 Å². The summed E-state index contributed by atoms with van der Waals surface area (Å²) in [6, 6.07) is 2.68. The molecule has 1 aromatic carbocycles. The van der Waals surface area contributed by atoms with Crippen LogP contribution in [-0.2, 0) is 6.18 Å². The maximum atomic E-state index is 13.0. The lowest BCUT2D eigenvalue weighted by Crippen LogP contribution is -2.45. The van der Waals surface area contributed by atoms with Crippen molar-refractivity contribution in [1.82, 2.24) is 4.90 Å². The highest BCUT2D eigenvalue weighted by atomic mass is 19.4. The molecule has 1 saturated heterocycles. The van der Waals surface area contributed by atoms with Crippen LogP contribution in [0.5, 0.6) is 0 Å². The molecule has 1 aliphatic heterocycles. The van der Waals surface area contributed by atoms with Gasteiger partial charge in [0.25, 0.3) is 5.69 Å². The summed E-state index contributed by atoms with van der Waals surface area (Å²) in [6.45, 7) is 2.08. The lowest BCUT2D eigenvalue weighted by atomic mass is 10.1. The van der Waals surface area contributed by atoms with Crippen molar-refractivity contribution >= 4 is 11.4 Å². The lowest BCUT2D eigenvalue weighted by Gasteiger charge is -2.35. The number of halogens is 3. The van der Waals surface area contributed by atoms with Gasteiger partial charge in [-0.1, -0.05) is 0 Å². The van der Waals surface area contributed by atoms with Crippen LogP contribution in [0.25, 0.3) is 0 Å². The monoisotopic (exact) mass is 289 g/mol. The topological polar surface area (TPSA) is 49.6 Å². The van der Waals surface area contributed by atoms with E-state index in [1.54, 1.807) is 4.90 Å². The Kier molecular flexibility index (Phi) is 3.85. The van der Waals surface area contributed by atoms with Crippen molar-refractivity contribution in [2.24, 2.45) is 0 Å². The van der Waals surface area contributed by atoms with Crippen molar-refractivity contribution < 1.29 is 18.1 Å². The number of likely N-dealkylation sites (N-methyl/N-ethyl adjacent to an activating group) is 1. The predicted molar refractivity (Wildman–Crippen MR) is 67.8 cm³/mol. The van der Waals surface area contributed by atoms with E-state index < -0.39 is 16.7 Å². The van der Waals surface area contributed by atoms with Crippen LogP contribution in [0.4, 0.5) is 24.5 Å². The molecule has 8 heteroatoms. The largest absolute Gasteiger partial charge is 0.418 e. The van der Waals surface area contributed by atoms with Crippen LogP contribution in [-0.4, -0.2) is 43.0 Å². The highest BCUT2D eigenvalue weighted by molar-refractivity contribution is 5.60. The number of nitro benzene ring substituents is 1. The smallest absolute Gasteiger partial charge is 0.368 e. The maximum Gasteiger partial charge on any atom is 0.418 e. The minimum Gasteiger partial charge on any atom is -0.368 e. The van der Waals surface area contributed by atoms with Gasteiger partial charge >= 0.3 is 6.18 Å². The van der Waals surface area contributed by atoms with Crippen LogP contribution < -0.4 is 4.90 Å². The van der Waals surface area contributed by atoms with E-state index in [1.807, 2.05) is 11.9 Å². The number of anilines is 1. The Balaban J connectivity index is 2.41. The Morgan fingerprint density at radius 2 is 1.80 bits per heavy atom. The molecule has 2 rings (SSSR count). The molecule has 0 bridgehead atoms. The molecule has 0 aliphatic carbocycles. The van der Waals surface area contributed by atoms with Gasteiger partial charge in [0.05, 0.1) is 16.2 Å². The fourth-order valence-electron chi connectivity index (χ4n) is 2.18. The molecule has 5 nitrogen and oxygen atoms in total. The Bertz CT molecular complexity index is 511. The number of piperazine rings is 1. The quantitative estimate of drug-likeness (QED) is 0.619. The van der Waals surface area contributed by atoms with Gasteiger partial charge in [-0.2, -0.15) is 13.2 Å². The van der Waals surface area contributed by atoms with Gasteiger partial charge in [0.15, 0.2) is 0 Å². The highest BCUT2D eigenvalue weighted by Crippen LogP contribution is 2.38. The average molecular weight is 289 g/mol. The Morgan fingerprint density at radius 1 is 1.20 bits per heavy atom. The first-order chi connectivity index (χ1) is 9.29. The first kappa shape index (κ1) is 14.6. The van der Waals surface area contributed by atoms with E-state index in [9.17, 15) is 23.3 Å². The summed E-state index contributed by atoms with van der Waals surface area (Å²) in [5.74, 6) is 0. The van der Waals surface area contributed by atoms with E-state index in [4.69, 9.17) is 0 Å². The zero-order chi connectivity index (χ0) is 14.9. The zero-order valence-corrected chi connectivity index (χ0v) is 10.9. The third-order valence-corrected chi connectivity index (χ3v) is 3.34. The van der Waals surface area contributed by atoms with Crippen molar-refractivity contribution in [1.29, 1.82) is 0 Å². The SMILES string of the molecule is CN1CCN(c2cc([N+](=O)[O-])ccc2C(F)(F)F)CC1. The highest BCUT2D eigenvalue weighted by Gasteiger charge is 2.36. The number of non-ortho nitro benzene ring substituents is 1. The van der Waals surface area contributed by atoms with Crippen molar-refractivity contribution in [2.75, 3.05) is 38.1 Å². The third-order valence-electron chi connectivity index (χ3n) is 3.34. The van der Waals surface area contributed by atoms with E-state index in [1.165, 1.54) is 0 Å². The van der Waals surface area contributed by atoms with Gasteiger partial charge in [0.1, 0.15) is 0 Å². The van der Waals surface area contributed by atoms with Gasteiger partial charge in [-0.15, -0.1) is 0 Å². The maximum absolute atomic E-state index is 13.0. The second-order valence-electron chi connectivity index (χ2n) is 4.75. The van der Waals surface area contributed by atoms with Crippen LogP contribution >= 0.6 is 0 Å². The summed E-state index contributed by atoms with van der Waals surface area (Å²) in [7, 11) is 1.88. The van der Waals surface area contributed by atoms with Gasteiger partial charge in [-0.25, -0.2) is 0 Å². The molecule has 110 valence electrons. The minimum atomic E-state index is -4.52. The molecule has 0 N–H and O–H groups in total. The summed E-state index contributed by atoms with van der Waals surface area (Å²) >= 11 is 0. The number of hydrogen-bond acceptors (Lipinski definition) is 4. The van der Waals surface area contributed by atoms with Gasteiger partial charge < -0.3 is 9.80 Å². The standard InChI is InChI=1S/C12H14F3N3O2/c1-16-4-6-17(7-5-16)11-8-9(18(19)20)2-3-10(11)12(13,14)15/h2-3,8H,4-7H2,1H3. The van der Waals surface area contributed by atoms with E-state index in [-0.39, 0.29) is 11.4 Å². The van der Waals surface area contributed by atoms with Gasteiger partial charge in [-0.05, 0) is 13.1 Å². The molecule has 0 unspecified atom stereocenters. The van der Waals surface area contributed by atoms with E-state index in [0.29, 0.717) is 26.2 Å².